The lowest BCUT2D eigenvalue weighted by molar-refractivity contribution is -0.121. The van der Waals surface area contributed by atoms with Gasteiger partial charge in [-0.05, 0) is 54.4 Å². The van der Waals surface area contributed by atoms with E-state index in [2.05, 4.69) is 20.5 Å². The molecule has 1 heterocycles. The number of nitrogens with zero attached hydrogens (tertiary/aromatic N) is 2. The number of carbonyl (C=O) groups excluding carboxylic acids is 1. The van der Waals surface area contributed by atoms with Crippen molar-refractivity contribution in [3.05, 3.63) is 111 Å². The maximum Gasteiger partial charge on any atom is 0.273 e. The standard InChI is InChI=1S/C27H25FN4O3/c1-18-4-2-5-19(14-18)16-29-25(33)13-12-24-27(34)30-26(32-31-24)21-8-10-23(11-9-21)35-17-20-6-3-7-22(28)15-20/h2-11,14-15H,12-13,16-17H2,1H3,(H,29,33)(H,30,32,34). The van der Waals surface area contributed by atoms with Crippen LogP contribution >= 0.6 is 0 Å². The van der Waals surface area contributed by atoms with Gasteiger partial charge in [0, 0.05) is 24.9 Å². The molecule has 0 aliphatic rings. The molecule has 0 unspecified atom stereocenters. The summed E-state index contributed by atoms with van der Waals surface area (Å²) in [6.45, 7) is 2.67. The van der Waals surface area contributed by atoms with E-state index < -0.39 is 0 Å². The Hall–Kier alpha value is -4.33. The highest BCUT2D eigenvalue weighted by atomic mass is 19.1. The molecule has 0 atom stereocenters. The normalized spacial score (nSPS) is 10.7. The van der Waals surface area contributed by atoms with Crippen LogP contribution in [0, 0.1) is 12.7 Å². The van der Waals surface area contributed by atoms with E-state index in [4.69, 9.17) is 4.74 Å². The molecule has 4 aromatic rings. The molecule has 0 fully saturated rings. The monoisotopic (exact) mass is 472 g/mol. The third-order valence-corrected chi connectivity index (χ3v) is 5.35. The Morgan fingerprint density at radius 1 is 1.00 bits per heavy atom. The topological polar surface area (TPSA) is 97.0 Å². The third kappa shape index (κ3) is 6.83. The number of carbonyl (C=O) groups is 1. The Morgan fingerprint density at radius 3 is 2.51 bits per heavy atom. The van der Waals surface area contributed by atoms with Gasteiger partial charge in [-0.3, -0.25) is 9.59 Å². The second kappa shape index (κ2) is 11.2. The first-order chi connectivity index (χ1) is 17.0. The number of hydrogen-bond acceptors (Lipinski definition) is 5. The van der Waals surface area contributed by atoms with Gasteiger partial charge < -0.3 is 15.0 Å². The fraction of sp³-hybridized carbons (Fsp3) is 0.185. The van der Waals surface area contributed by atoms with Crippen LogP contribution in [0.1, 0.15) is 28.8 Å². The Kier molecular flexibility index (Phi) is 7.62. The van der Waals surface area contributed by atoms with Crippen molar-refractivity contribution in [2.75, 3.05) is 0 Å². The molecule has 0 aliphatic heterocycles. The molecule has 2 N–H and O–H groups in total. The number of nitrogens with one attached hydrogen (secondary N) is 2. The summed E-state index contributed by atoms with van der Waals surface area (Å²) >= 11 is 0. The summed E-state index contributed by atoms with van der Waals surface area (Å²) in [6.07, 6.45) is 0.329. The summed E-state index contributed by atoms with van der Waals surface area (Å²) in [5, 5.41) is 11.0. The van der Waals surface area contributed by atoms with Crippen LogP contribution < -0.4 is 15.6 Å². The molecule has 0 saturated carbocycles. The first-order valence-electron chi connectivity index (χ1n) is 11.2. The Morgan fingerprint density at radius 2 is 1.77 bits per heavy atom. The Bertz CT molecular complexity index is 1370. The van der Waals surface area contributed by atoms with Gasteiger partial charge in [-0.25, -0.2) is 4.39 Å². The van der Waals surface area contributed by atoms with Gasteiger partial charge in [0.25, 0.3) is 5.56 Å². The summed E-state index contributed by atoms with van der Waals surface area (Å²) in [5.41, 5.74) is 3.36. The highest BCUT2D eigenvalue weighted by Crippen LogP contribution is 2.19. The molecule has 3 aromatic carbocycles. The Balaban J connectivity index is 1.30. The molecule has 0 spiro atoms. The Labute approximate surface area is 202 Å². The quantitative estimate of drug-likeness (QED) is 0.382. The van der Waals surface area contributed by atoms with Crippen molar-refractivity contribution in [1.82, 2.24) is 20.5 Å². The van der Waals surface area contributed by atoms with Gasteiger partial charge in [-0.1, -0.05) is 42.0 Å². The SMILES string of the molecule is Cc1cccc(CNC(=O)CCc2nnc(-c3ccc(OCc4cccc(F)c4)cc3)[nH]c2=O)c1. The third-order valence-electron chi connectivity index (χ3n) is 5.35. The van der Waals surface area contributed by atoms with E-state index in [1.54, 1.807) is 36.4 Å². The second-order valence-electron chi connectivity index (χ2n) is 8.16. The van der Waals surface area contributed by atoms with Crippen LogP contribution in [0.3, 0.4) is 0 Å². The lowest BCUT2D eigenvalue weighted by Gasteiger charge is -2.08. The molecule has 35 heavy (non-hydrogen) atoms. The highest BCUT2D eigenvalue weighted by Gasteiger charge is 2.10. The van der Waals surface area contributed by atoms with E-state index in [9.17, 15) is 14.0 Å². The highest BCUT2D eigenvalue weighted by molar-refractivity contribution is 5.76. The largest absolute Gasteiger partial charge is 0.489 e. The lowest BCUT2D eigenvalue weighted by atomic mass is 10.1. The zero-order valence-electron chi connectivity index (χ0n) is 19.3. The van der Waals surface area contributed by atoms with Gasteiger partial charge >= 0.3 is 0 Å². The van der Waals surface area contributed by atoms with Crippen molar-refractivity contribution in [2.45, 2.75) is 32.9 Å². The lowest BCUT2D eigenvalue weighted by Crippen LogP contribution is -2.25. The van der Waals surface area contributed by atoms with E-state index in [0.29, 0.717) is 23.7 Å². The fourth-order valence-electron chi connectivity index (χ4n) is 3.50. The van der Waals surface area contributed by atoms with Crippen molar-refractivity contribution < 1.29 is 13.9 Å². The van der Waals surface area contributed by atoms with Gasteiger partial charge in [0.15, 0.2) is 5.82 Å². The fourth-order valence-corrected chi connectivity index (χ4v) is 3.50. The maximum atomic E-state index is 13.3. The molecule has 0 radical (unpaired) electrons. The first-order valence-corrected chi connectivity index (χ1v) is 11.2. The molecule has 0 aliphatic carbocycles. The van der Waals surface area contributed by atoms with Crippen molar-refractivity contribution in [3.63, 3.8) is 0 Å². The van der Waals surface area contributed by atoms with Crippen molar-refractivity contribution in [2.24, 2.45) is 0 Å². The minimum atomic E-state index is -0.382. The van der Waals surface area contributed by atoms with Gasteiger partial charge in [0.05, 0.1) is 0 Å². The first kappa shape index (κ1) is 23.8. The number of benzene rings is 3. The molecule has 0 saturated heterocycles. The van der Waals surface area contributed by atoms with Crippen molar-refractivity contribution in [1.29, 1.82) is 0 Å². The van der Waals surface area contributed by atoms with E-state index in [1.165, 1.54) is 12.1 Å². The summed E-state index contributed by atoms with van der Waals surface area (Å²) in [4.78, 5) is 27.3. The predicted octanol–water partition coefficient (Wildman–Crippen LogP) is 4.11. The second-order valence-corrected chi connectivity index (χ2v) is 8.16. The molecular formula is C27H25FN4O3. The molecular weight excluding hydrogens is 447 g/mol. The minimum absolute atomic E-state index is 0.139. The number of ether oxygens (including phenoxy) is 1. The predicted molar refractivity (Wildman–Crippen MR) is 130 cm³/mol. The molecule has 4 rings (SSSR count). The van der Waals surface area contributed by atoms with Crippen LogP contribution in [0.15, 0.2) is 77.6 Å². The zero-order valence-corrected chi connectivity index (χ0v) is 19.3. The smallest absolute Gasteiger partial charge is 0.273 e. The van der Waals surface area contributed by atoms with E-state index in [0.717, 1.165) is 16.7 Å². The van der Waals surface area contributed by atoms with Crippen LogP contribution in [0.5, 0.6) is 5.75 Å². The van der Waals surface area contributed by atoms with Crippen LogP contribution in [-0.4, -0.2) is 21.1 Å². The average Bonchev–Trinajstić information content (AvgIpc) is 2.86. The van der Waals surface area contributed by atoms with Crippen LogP contribution in [0.2, 0.25) is 0 Å². The number of aryl methyl sites for hydroxylation is 2. The van der Waals surface area contributed by atoms with E-state index in [1.807, 2.05) is 31.2 Å². The summed E-state index contributed by atoms with van der Waals surface area (Å²) < 4.78 is 19.0. The zero-order chi connectivity index (χ0) is 24.6. The van der Waals surface area contributed by atoms with Crippen molar-refractivity contribution in [3.8, 4) is 17.1 Å². The molecule has 0 bridgehead atoms. The minimum Gasteiger partial charge on any atom is -0.489 e. The number of aromatic nitrogens is 3. The molecule has 7 nitrogen and oxygen atoms in total. The van der Waals surface area contributed by atoms with Gasteiger partial charge in [-0.2, -0.15) is 0 Å². The molecule has 1 aromatic heterocycles. The molecule has 8 heteroatoms. The van der Waals surface area contributed by atoms with Crippen LogP contribution in [-0.2, 0) is 24.4 Å². The van der Waals surface area contributed by atoms with Crippen LogP contribution in [0.4, 0.5) is 4.39 Å². The number of hydrogen-bond donors (Lipinski definition) is 2. The van der Waals surface area contributed by atoms with Gasteiger partial charge in [0.1, 0.15) is 23.9 Å². The molecule has 1 amide bonds. The average molecular weight is 473 g/mol. The summed E-state index contributed by atoms with van der Waals surface area (Å²) in [7, 11) is 0. The van der Waals surface area contributed by atoms with Gasteiger partial charge in [-0.15, -0.1) is 10.2 Å². The number of halogens is 1. The maximum absolute atomic E-state index is 13.3. The van der Waals surface area contributed by atoms with Crippen LogP contribution in [0.25, 0.3) is 11.4 Å². The number of amides is 1. The van der Waals surface area contributed by atoms with Crippen molar-refractivity contribution >= 4 is 5.91 Å². The summed E-state index contributed by atoms with van der Waals surface area (Å²) in [6, 6.07) is 21.1. The number of aromatic amines is 1. The summed E-state index contributed by atoms with van der Waals surface area (Å²) in [5.74, 6) is 0.446. The van der Waals surface area contributed by atoms with Gasteiger partial charge in [0.2, 0.25) is 5.91 Å². The van der Waals surface area contributed by atoms with E-state index in [-0.39, 0.29) is 42.4 Å². The number of H-pyrrole nitrogens is 1. The van der Waals surface area contributed by atoms with E-state index >= 15 is 0 Å². The number of rotatable bonds is 9. The molecule has 178 valence electrons.